The van der Waals surface area contributed by atoms with E-state index in [-0.39, 0.29) is 18.0 Å². The van der Waals surface area contributed by atoms with Crippen LogP contribution in [-0.2, 0) is 19.5 Å². The van der Waals surface area contributed by atoms with Crippen molar-refractivity contribution in [3.63, 3.8) is 0 Å². The van der Waals surface area contributed by atoms with Gasteiger partial charge in [0.15, 0.2) is 5.96 Å². The Morgan fingerprint density at radius 3 is 2.55 bits per heavy atom. The van der Waals surface area contributed by atoms with Gasteiger partial charge in [-0.2, -0.15) is 0 Å². The van der Waals surface area contributed by atoms with E-state index in [1.807, 2.05) is 0 Å². The third kappa shape index (κ3) is 7.70. The van der Waals surface area contributed by atoms with Crippen molar-refractivity contribution in [1.29, 1.82) is 0 Å². The average Bonchev–Trinajstić information content (AvgIpc) is 2.70. The highest BCUT2D eigenvalue weighted by atomic mass is 32.2. The van der Waals surface area contributed by atoms with Gasteiger partial charge in [-0.15, -0.1) is 0 Å². The first-order chi connectivity index (χ1) is 14.1. The second-order valence-corrected chi connectivity index (χ2v) is 10.4. The predicted octanol–water partition coefficient (Wildman–Crippen LogP) is 1.33. The van der Waals surface area contributed by atoms with Gasteiger partial charge in [-0.1, -0.05) is 6.42 Å². The Labute approximate surface area is 175 Å². The summed E-state index contributed by atoms with van der Waals surface area (Å²) in [5, 5.41) is 3.21. The molecule has 168 valence electrons. The molecule has 2 N–H and O–H groups in total. The van der Waals surface area contributed by atoms with Crippen LogP contribution in [0.2, 0.25) is 0 Å². The molecule has 8 nitrogen and oxygen atoms in total. The number of piperidine rings is 1. The average molecular weight is 431 g/mol. The second kappa shape index (κ2) is 11.5. The molecule has 2 heterocycles. The predicted molar refractivity (Wildman–Crippen MR) is 115 cm³/mol. The van der Waals surface area contributed by atoms with Crippen LogP contribution in [0.5, 0.6) is 0 Å². The summed E-state index contributed by atoms with van der Waals surface area (Å²) in [7, 11) is -1.49. The molecule has 0 radical (unpaired) electrons. The summed E-state index contributed by atoms with van der Waals surface area (Å²) in [5.74, 6) is 1.37. The van der Waals surface area contributed by atoms with Crippen molar-refractivity contribution in [1.82, 2.24) is 14.9 Å². The van der Waals surface area contributed by atoms with E-state index in [1.165, 1.54) is 19.3 Å². The summed E-state index contributed by atoms with van der Waals surface area (Å²) < 4.78 is 38.8. The highest BCUT2D eigenvalue weighted by Crippen LogP contribution is 2.25. The quantitative estimate of drug-likeness (QED) is 0.424. The van der Waals surface area contributed by atoms with Crippen LogP contribution in [-0.4, -0.2) is 83.7 Å². The number of likely N-dealkylation sites (tertiary alicyclic amines) is 1. The minimum Gasteiger partial charge on any atom is -0.376 e. The van der Waals surface area contributed by atoms with Gasteiger partial charge < -0.3 is 19.7 Å². The molecule has 3 aliphatic rings. The van der Waals surface area contributed by atoms with Gasteiger partial charge in [-0.05, 0) is 50.9 Å². The summed E-state index contributed by atoms with van der Waals surface area (Å²) in [6, 6.07) is 0. The van der Waals surface area contributed by atoms with E-state index in [9.17, 15) is 8.42 Å². The normalized spacial score (nSPS) is 25.1. The minimum absolute atomic E-state index is 0.0692. The van der Waals surface area contributed by atoms with Gasteiger partial charge in [-0.25, -0.2) is 13.1 Å². The first-order valence-electron chi connectivity index (χ1n) is 11.2. The van der Waals surface area contributed by atoms with E-state index >= 15 is 0 Å². The van der Waals surface area contributed by atoms with Crippen LogP contribution < -0.4 is 10.0 Å². The van der Waals surface area contributed by atoms with E-state index in [1.54, 1.807) is 7.05 Å². The fourth-order valence-electron chi connectivity index (χ4n) is 4.06. The molecule has 0 aromatic rings. The third-order valence-corrected chi connectivity index (χ3v) is 7.56. The van der Waals surface area contributed by atoms with Crippen LogP contribution in [0.3, 0.4) is 0 Å². The van der Waals surface area contributed by atoms with Crippen LogP contribution in [0.4, 0.5) is 0 Å². The lowest BCUT2D eigenvalue weighted by atomic mass is 9.86. The molecule has 1 saturated carbocycles. The summed E-state index contributed by atoms with van der Waals surface area (Å²) in [6.07, 6.45) is 9.44. The lowest BCUT2D eigenvalue weighted by molar-refractivity contribution is -0.0721. The molecule has 1 aliphatic carbocycles. The van der Waals surface area contributed by atoms with Crippen LogP contribution in [0.15, 0.2) is 4.99 Å². The maximum atomic E-state index is 12.1. The van der Waals surface area contributed by atoms with E-state index < -0.39 is 10.0 Å². The van der Waals surface area contributed by atoms with Crippen molar-refractivity contribution in [2.45, 2.75) is 63.6 Å². The SMILES string of the molecule is CN=C(NCCS(=O)(=O)NCC1CCC1)N1CCC(OCC2CCCCO2)CC1. The maximum absolute atomic E-state index is 12.1. The topological polar surface area (TPSA) is 92.3 Å². The molecule has 1 atom stereocenters. The molecule has 2 aliphatic heterocycles. The fraction of sp³-hybridized carbons (Fsp3) is 0.950. The molecule has 0 aromatic heterocycles. The van der Waals surface area contributed by atoms with Gasteiger partial charge in [-0.3, -0.25) is 4.99 Å². The van der Waals surface area contributed by atoms with Crippen molar-refractivity contribution < 1.29 is 17.9 Å². The van der Waals surface area contributed by atoms with Crippen molar-refractivity contribution in [3.05, 3.63) is 0 Å². The van der Waals surface area contributed by atoms with E-state index in [4.69, 9.17) is 9.47 Å². The number of hydrogen-bond donors (Lipinski definition) is 2. The number of rotatable bonds is 9. The van der Waals surface area contributed by atoms with E-state index in [2.05, 4.69) is 19.9 Å². The molecule has 0 amide bonds. The Hall–Kier alpha value is -0.900. The number of aliphatic imine (C=N–C) groups is 1. The van der Waals surface area contributed by atoms with Crippen LogP contribution in [0.1, 0.15) is 51.4 Å². The number of sulfonamides is 1. The van der Waals surface area contributed by atoms with Gasteiger partial charge in [0, 0.05) is 39.8 Å². The van der Waals surface area contributed by atoms with Crippen LogP contribution in [0.25, 0.3) is 0 Å². The molecule has 0 aromatic carbocycles. The lowest BCUT2D eigenvalue weighted by Gasteiger charge is -2.35. The summed E-state index contributed by atoms with van der Waals surface area (Å²) in [6.45, 7) is 4.23. The van der Waals surface area contributed by atoms with Crippen molar-refractivity contribution in [2.24, 2.45) is 10.9 Å². The van der Waals surface area contributed by atoms with E-state index in [0.29, 0.717) is 25.6 Å². The van der Waals surface area contributed by atoms with Crippen molar-refractivity contribution in [2.75, 3.05) is 52.2 Å². The van der Waals surface area contributed by atoms with Gasteiger partial charge in [0.1, 0.15) is 0 Å². The molecule has 3 rings (SSSR count). The molecule has 3 fully saturated rings. The molecule has 0 bridgehead atoms. The smallest absolute Gasteiger partial charge is 0.213 e. The molecule has 9 heteroatoms. The van der Waals surface area contributed by atoms with Crippen molar-refractivity contribution in [3.8, 4) is 0 Å². The Morgan fingerprint density at radius 2 is 1.93 bits per heavy atom. The number of nitrogens with one attached hydrogen (secondary N) is 2. The van der Waals surface area contributed by atoms with Gasteiger partial charge >= 0.3 is 0 Å². The Balaban J connectivity index is 1.31. The monoisotopic (exact) mass is 430 g/mol. The summed E-state index contributed by atoms with van der Waals surface area (Å²) in [4.78, 5) is 6.51. The number of nitrogens with zero attached hydrogens (tertiary/aromatic N) is 2. The summed E-state index contributed by atoms with van der Waals surface area (Å²) >= 11 is 0. The molecular weight excluding hydrogens is 392 g/mol. The highest BCUT2D eigenvalue weighted by Gasteiger charge is 2.24. The zero-order valence-corrected chi connectivity index (χ0v) is 18.6. The largest absolute Gasteiger partial charge is 0.376 e. The molecule has 0 spiro atoms. The standard InChI is InChI=1S/C20H38N4O4S/c1-21-20(22-10-14-29(25,26)23-15-17-5-4-6-17)24-11-8-18(9-12-24)28-16-19-7-2-3-13-27-19/h17-19,23H,2-16H2,1H3,(H,21,22). The Kier molecular flexibility index (Phi) is 9.02. The van der Waals surface area contributed by atoms with Crippen LogP contribution >= 0.6 is 0 Å². The molecule has 2 saturated heterocycles. The number of hydrogen-bond acceptors (Lipinski definition) is 5. The number of guanidine groups is 1. The Bertz CT molecular complexity index is 610. The second-order valence-electron chi connectivity index (χ2n) is 8.45. The van der Waals surface area contributed by atoms with Crippen LogP contribution in [0, 0.1) is 5.92 Å². The number of ether oxygens (including phenoxy) is 2. The zero-order chi connectivity index (χ0) is 20.5. The fourth-order valence-corrected chi connectivity index (χ4v) is 5.06. The van der Waals surface area contributed by atoms with Gasteiger partial charge in [0.05, 0.1) is 24.6 Å². The minimum atomic E-state index is -3.23. The maximum Gasteiger partial charge on any atom is 0.213 e. The van der Waals surface area contributed by atoms with Gasteiger partial charge in [0.25, 0.3) is 0 Å². The summed E-state index contributed by atoms with van der Waals surface area (Å²) in [5.41, 5.74) is 0. The molecule has 1 unspecified atom stereocenters. The first kappa shape index (κ1) is 22.8. The molecule has 29 heavy (non-hydrogen) atoms. The zero-order valence-electron chi connectivity index (χ0n) is 17.8. The molecular formula is C20H38N4O4S. The first-order valence-corrected chi connectivity index (χ1v) is 12.9. The Morgan fingerprint density at radius 1 is 1.14 bits per heavy atom. The lowest BCUT2D eigenvalue weighted by Crippen LogP contribution is -2.48. The van der Waals surface area contributed by atoms with Gasteiger partial charge in [0.2, 0.25) is 10.0 Å². The highest BCUT2D eigenvalue weighted by molar-refractivity contribution is 7.89. The third-order valence-electron chi connectivity index (χ3n) is 6.22. The van der Waals surface area contributed by atoms with Crippen molar-refractivity contribution >= 4 is 16.0 Å². The van der Waals surface area contributed by atoms with E-state index in [0.717, 1.165) is 57.8 Å².